The van der Waals surface area contributed by atoms with Crippen LogP contribution in [-0.2, 0) is 6.42 Å². The van der Waals surface area contributed by atoms with Crippen molar-refractivity contribution in [2.45, 2.75) is 12.8 Å². The van der Waals surface area contributed by atoms with E-state index in [1.807, 2.05) is 0 Å². The topological polar surface area (TPSA) is 0 Å². The summed E-state index contributed by atoms with van der Waals surface area (Å²) in [5.74, 6) is 0. The van der Waals surface area contributed by atoms with Gasteiger partial charge in [0.05, 0.1) is 0 Å². The zero-order chi connectivity index (χ0) is 23.9. The highest BCUT2D eigenvalue weighted by molar-refractivity contribution is 6.21. The summed E-state index contributed by atoms with van der Waals surface area (Å²) in [6.45, 7) is 0. The predicted octanol–water partition coefficient (Wildman–Crippen LogP) is 9.70. The minimum Gasteiger partial charge on any atom is -0.0757 e. The summed E-state index contributed by atoms with van der Waals surface area (Å²) in [6.07, 6.45) is 4.63. The third-order valence-electron chi connectivity index (χ3n) is 7.55. The molecule has 36 heavy (non-hydrogen) atoms. The summed E-state index contributed by atoms with van der Waals surface area (Å²) in [4.78, 5) is 0. The van der Waals surface area contributed by atoms with E-state index in [2.05, 4.69) is 133 Å². The fourth-order valence-electron chi connectivity index (χ4n) is 5.93. The van der Waals surface area contributed by atoms with E-state index in [4.69, 9.17) is 0 Å². The van der Waals surface area contributed by atoms with Crippen LogP contribution in [0.3, 0.4) is 0 Å². The van der Waals surface area contributed by atoms with Gasteiger partial charge in [-0.05, 0) is 78.9 Å². The van der Waals surface area contributed by atoms with Gasteiger partial charge in [0, 0.05) is 0 Å². The quantitative estimate of drug-likeness (QED) is 0.232. The fraction of sp³-hybridized carbons (Fsp3) is 0.0556. The lowest BCUT2D eigenvalue weighted by Gasteiger charge is -2.19. The molecule has 7 rings (SSSR count). The van der Waals surface area contributed by atoms with Crippen molar-refractivity contribution in [2.24, 2.45) is 0 Å². The van der Waals surface area contributed by atoms with Gasteiger partial charge in [-0.3, -0.25) is 0 Å². The van der Waals surface area contributed by atoms with Crippen molar-refractivity contribution >= 4 is 27.1 Å². The lowest BCUT2D eigenvalue weighted by atomic mass is 9.84. The van der Waals surface area contributed by atoms with E-state index in [1.165, 1.54) is 66.1 Å². The van der Waals surface area contributed by atoms with Crippen molar-refractivity contribution in [3.05, 3.63) is 150 Å². The standard InChI is InChI=1S/C36H26/c1-2-12-27(13-3-1)35-31-16-6-8-18-33(31)36(34-19-9-7-17-32(34)35)28-23-21-26(22-24-28)30-20-10-14-25-11-4-5-15-29(25)30/h1-9,11-13,15-24H,10,14H2. The zero-order valence-corrected chi connectivity index (χ0v) is 20.1. The molecule has 0 atom stereocenters. The number of allylic oxidation sites excluding steroid dienone is 1. The molecule has 0 saturated carbocycles. The molecule has 0 heteroatoms. The van der Waals surface area contributed by atoms with Gasteiger partial charge in [0.15, 0.2) is 0 Å². The number of rotatable bonds is 3. The van der Waals surface area contributed by atoms with E-state index in [1.54, 1.807) is 0 Å². The van der Waals surface area contributed by atoms with E-state index >= 15 is 0 Å². The first-order valence-electron chi connectivity index (χ1n) is 12.8. The van der Waals surface area contributed by atoms with Crippen LogP contribution >= 0.6 is 0 Å². The zero-order valence-electron chi connectivity index (χ0n) is 20.1. The van der Waals surface area contributed by atoms with Gasteiger partial charge in [-0.25, -0.2) is 0 Å². The third kappa shape index (κ3) is 3.38. The van der Waals surface area contributed by atoms with Crippen molar-refractivity contribution in [2.75, 3.05) is 0 Å². The Morgan fingerprint density at radius 1 is 0.389 bits per heavy atom. The Labute approximate surface area is 212 Å². The number of hydrogen-bond donors (Lipinski definition) is 0. The molecule has 1 aliphatic rings. The van der Waals surface area contributed by atoms with Gasteiger partial charge in [0.25, 0.3) is 0 Å². The first kappa shape index (κ1) is 20.9. The van der Waals surface area contributed by atoms with Gasteiger partial charge in [-0.15, -0.1) is 0 Å². The van der Waals surface area contributed by atoms with Crippen LogP contribution in [-0.4, -0.2) is 0 Å². The van der Waals surface area contributed by atoms with Crippen LogP contribution in [0.25, 0.3) is 49.4 Å². The average Bonchev–Trinajstić information content (AvgIpc) is 2.96. The van der Waals surface area contributed by atoms with Crippen molar-refractivity contribution < 1.29 is 0 Å². The van der Waals surface area contributed by atoms with Gasteiger partial charge in [-0.1, -0.05) is 133 Å². The fourth-order valence-corrected chi connectivity index (χ4v) is 5.93. The van der Waals surface area contributed by atoms with Gasteiger partial charge < -0.3 is 0 Å². The van der Waals surface area contributed by atoms with Gasteiger partial charge in [0.2, 0.25) is 0 Å². The predicted molar refractivity (Wildman–Crippen MR) is 154 cm³/mol. The maximum atomic E-state index is 2.40. The van der Waals surface area contributed by atoms with Crippen LogP contribution < -0.4 is 0 Å². The average molecular weight is 459 g/mol. The molecule has 6 aromatic carbocycles. The molecule has 1 aliphatic carbocycles. The van der Waals surface area contributed by atoms with E-state index < -0.39 is 0 Å². The maximum absolute atomic E-state index is 2.40. The second-order valence-corrected chi connectivity index (χ2v) is 9.60. The van der Waals surface area contributed by atoms with E-state index in [0.717, 1.165) is 12.8 Å². The minimum absolute atomic E-state index is 1.10. The highest BCUT2D eigenvalue weighted by Gasteiger charge is 2.17. The molecule has 0 aliphatic heterocycles. The van der Waals surface area contributed by atoms with E-state index in [9.17, 15) is 0 Å². The molecule has 0 spiro atoms. The first-order chi connectivity index (χ1) is 17.9. The largest absolute Gasteiger partial charge is 0.0757 e. The Balaban J connectivity index is 1.44. The lowest BCUT2D eigenvalue weighted by molar-refractivity contribution is 0.978. The van der Waals surface area contributed by atoms with Crippen LogP contribution in [0.1, 0.15) is 23.1 Å². The summed E-state index contributed by atoms with van der Waals surface area (Å²) in [7, 11) is 0. The van der Waals surface area contributed by atoms with Crippen LogP contribution in [0.15, 0.2) is 133 Å². The molecule has 0 N–H and O–H groups in total. The Kier molecular flexibility index (Phi) is 5.03. The number of aryl methyl sites for hydroxylation is 1. The Hall–Kier alpha value is -4.42. The highest BCUT2D eigenvalue weighted by atomic mass is 14.2. The molecule has 170 valence electrons. The molecule has 0 heterocycles. The van der Waals surface area contributed by atoms with Crippen LogP contribution in [0.2, 0.25) is 0 Å². The number of benzene rings is 6. The Bertz CT molecular complexity index is 1700. The number of fused-ring (bicyclic) bond motifs is 3. The van der Waals surface area contributed by atoms with Crippen LogP contribution in [0.4, 0.5) is 0 Å². The smallest absolute Gasteiger partial charge is 0.00264 e. The molecule has 0 radical (unpaired) electrons. The van der Waals surface area contributed by atoms with E-state index in [0.29, 0.717) is 0 Å². The second kappa shape index (κ2) is 8.66. The normalized spacial score (nSPS) is 12.9. The molecule has 0 saturated heterocycles. The Morgan fingerprint density at radius 3 is 1.47 bits per heavy atom. The molecular weight excluding hydrogens is 432 g/mol. The summed E-state index contributed by atoms with van der Waals surface area (Å²) < 4.78 is 0. The van der Waals surface area contributed by atoms with Gasteiger partial charge in [-0.2, -0.15) is 0 Å². The Morgan fingerprint density at radius 2 is 0.861 bits per heavy atom. The molecule has 0 unspecified atom stereocenters. The molecule has 0 fully saturated rings. The molecule has 0 bridgehead atoms. The minimum atomic E-state index is 1.10. The summed E-state index contributed by atoms with van der Waals surface area (Å²) in [5.41, 5.74) is 10.6. The second-order valence-electron chi connectivity index (χ2n) is 9.60. The summed E-state index contributed by atoms with van der Waals surface area (Å²) >= 11 is 0. The molecule has 6 aromatic rings. The maximum Gasteiger partial charge on any atom is -0.00264 e. The summed E-state index contributed by atoms with van der Waals surface area (Å²) in [5, 5.41) is 5.19. The van der Waals surface area contributed by atoms with Gasteiger partial charge >= 0.3 is 0 Å². The van der Waals surface area contributed by atoms with Crippen LogP contribution in [0.5, 0.6) is 0 Å². The molecule has 0 amide bonds. The van der Waals surface area contributed by atoms with Crippen LogP contribution in [0, 0.1) is 0 Å². The lowest BCUT2D eigenvalue weighted by Crippen LogP contribution is -2.00. The SMILES string of the molecule is C1=C(c2ccc(-c3c4ccccc4c(-c4ccccc4)c4ccccc34)cc2)c2ccccc2CC1. The van der Waals surface area contributed by atoms with Crippen molar-refractivity contribution in [1.82, 2.24) is 0 Å². The molecule has 0 nitrogen and oxygen atoms in total. The monoisotopic (exact) mass is 458 g/mol. The van der Waals surface area contributed by atoms with E-state index in [-0.39, 0.29) is 0 Å². The summed E-state index contributed by atoms with van der Waals surface area (Å²) in [6, 6.07) is 46.6. The van der Waals surface area contributed by atoms with Crippen molar-refractivity contribution in [1.29, 1.82) is 0 Å². The van der Waals surface area contributed by atoms with Crippen molar-refractivity contribution in [3.8, 4) is 22.3 Å². The van der Waals surface area contributed by atoms with Crippen molar-refractivity contribution in [3.63, 3.8) is 0 Å². The highest BCUT2D eigenvalue weighted by Crippen LogP contribution is 2.43. The number of hydrogen-bond acceptors (Lipinski definition) is 0. The first-order valence-corrected chi connectivity index (χ1v) is 12.8. The molecular formula is C36H26. The third-order valence-corrected chi connectivity index (χ3v) is 7.55. The van der Waals surface area contributed by atoms with Gasteiger partial charge in [0.1, 0.15) is 0 Å². The molecule has 0 aromatic heterocycles.